The van der Waals surface area contributed by atoms with Crippen LogP contribution in [0.4, 0.5) is 5.69 Å². The molecule has 1 aromatic rings. The summed E-state index contributed by atoms with van der Waals surface area (Å²) in [5.74, 6) is -0.146. The van der Waals surface area contributed by atoms with Crippen molar-refractivity contribution in [2.75, 3.05) is 12.8 Å². The Bertz CT molecular complexity index is 308. The molecule has 0 bridgehead atoms. The highest BCUT2D eigenvalue weighted by Crippen LogP contribution is 2.12. The molecule has 0 spiro atoms. The molecule has 14 heavy (non-hydrogen) atoms. The molecule has 0 saturated carbocycles. The van der Waals surface area contributed by atoms with E-state index in [4.69, 9.17) is 5.73 Å². The van der Waals surface area contributed by atoms with Crippen molar-refractivity contribution in [3.63, 3.8) is 0 Å². The summed E-state index contributed by atoms with van der Waals surface area (Å²) in [5.41, 5.74) is 7.75. The number of rotatable bonds is 1. The van der Waals surface area contributed by atoms with Crippen LogP contribution in [0.15, 0.2) is 18.2 Å². The summed E-state index contributed by atoms with van der Waals surface area (Å²) >= 11 is 0. The van der Waals surface area contributed by atoms with Crippen molar-refractivity contribution in [3.05, 3.63) is 29.3 Å². The second-order valence-electron chi connectivity index (χ2n) is 2.67. The highest BCUT2D eigenvalue weighted by Gasteiger charge is 2.06. The molecule has 0 unspecified atom stereocenters. The molecule has 1 amide bonds. The highest BCUT2D eigenvalue weighted by atomic mass is 16.1. The van der Waals surface area contributed by atoms with Gasteiger partial charge in [0.1, 0.15) is 0 Å². The third kappa shape index (κ3) is 3.09. The lowest BCUT2D eigenvalue weighted by Crippen LogP contribution is -2.19. The van der Waals surface area contributed by atoms with Crippen molar-refractivity contribution in [1.82, 2.24) is 5.32 Å². The van der Waals surface area contributed by atoms with Crippen LogP contribution in [0.2, 0.25) is 0 Å². The van der Waals surface area contributed by atoms with E-state index in [2.05, 4.69) is 5.32 Å². The van der Waals surface area contributed by atoms with Gasteiger partial charge in [-0.1, -0.05) is 19.9 Å². The lowest BCUT2D eigenvalue weighted by molar-refractivity contribution is 0.0964. The summed E-state index contributed by atoms with van der Waals surface area (Å²) in [7, 11) is 1.58. The SMILES string of the molecule is CC.CNC(=O)c1ccc(C)cc1N. The molecular formula is C11H18N2O. The van der Waals surface area contributed by atoms with Gasteiger partial charge in [0, 0.05) is 12.7 Å². The minimum Gasteiger partial charge on any atom is -0.398 e. The minimum absolute atomic E-state index is 0.146. The molecule has 0 aliphatic heterocycles. The second kappa shape index (κ2) is 6.02. The van der Waals surface area contributed by atoms with Crippen LogP contribution in [-0.4, -0.2) is 13.0 Å². The summed E-state index contributed by atoms with van der Waals surface area (Å²) in [6.45, 7) is 5.93. The molecule has 1 aromatic carbocycles. The van der Waals surface area contributed by atoms with Crippen LogP contribution in [0.1, 0.15) is 29.8 Å². The van der Waals surface area contributed by atoms with E-state index >= 15 is 0 Å². The molecule has 78 valence electrons. The molecule has 0 aromatic heterocycles. The Morgan fingerprint density at radius 1 is 1.36 bits per heavy atom. The number of nitrogens with one attached hydrogen (secondary N) is 1. The number of anilines is 1. The van der Waals surface area contributed by atoms with Gasteiger partial charge in [0.2, 0.25) is 0 Å². The van der Waals surface area contributed by atoms with Crippen LogP contribution in [0.3, 0.4) is 0 Å². The third-order valence-electron chi connectivity index (χ3n) is 1.68. The van der Waals surface area contributed by atoms with E-state index < -0.39 is 0 Å². The van der Waals surface area contributed by atoms with E-state index in [1.165, 1.54) is 0 Å². The van der Waals surface area contributed by atoms with Gasteiger partial charge >= 0.3 is 0 Å². The maximum atomic E-state index is 11.2. The van der Waals surface area contributed by atoms with Crippen LogP contribution >= 0.6 is 0 Å². The van der Waals surface area contributed by atoms with E-state index in [1.807, 2.05) is 26.8 Å². The van der Waals surface area contributed by atoms with E-state index in [0.29, 0.717) is 11.3 Å². The standard InChI is InChI=1S/C9H12N2O.C2H6/c1-6-3-4-7(8(10)5-6)9(12)11-2;1-2/h3-5H,10H2,1-2H3,(H,11,12);1-2H3. The summed E-state index contributed by atoms with van der Waals surface area (Å²) in [6, 6.07) is 5.37. The largest absolute Gasteiger partial charge is 0.398 e. The van der Waals surface area contributed by atoms with E-state index in [9.17, 15) is 4.79 Å². The van der Waals surface area contributed by atoms with Crippen LogP contribution in [0, 0.1) is 6.92 Å². The summed E-state index contributed by atoms with van der Waals surface area (Å²) in [6.07, 6.45) is 0. The number of benzene rings is 1. The number of nitrogen functional groups attached to an aromatic ring is 1. The zero-order valence-electron chi connectivity index (χ0n) is 9.22. The average Bonchev–Trinajstić information content (AvgIpc) is 2.20. The number of carbonyl (C=O) groups is 1. The molecule has 0 fully saturated rings. The van der Waals surface area contributed by atoms with Gasteiger partial charge in [0.15, 0.2) is 0 Å². The van der Waals surface area contributed by atoms with Crippen molar-refractivity contribution in [3.8, 4) is 0 Å². The summed E-state index contributed by atoms with van der Waals surface area (Å²) < 4.78 is 0. The van der Waals surface area contributed by atoms with E-state index in [0.717, 1.165) is 5.56 Å². The third-order valence-corrected chi connectivity index (χ3v) is 1.68. The molecule has 3 heteroatoms. The molecule has 0 radical (unpaired) electrons. The summed E-state index contributed by atoms with van der Waals surface area (Å²) in [4.78, 5) is 11.2. The lowest BCUT2D eigenvalue weighted by atomic mass is 10.1. The van der Waals surface area contributed by atoms with Crippen molar-refractivity contribution in [2.45, 2.75) is 20.8 Å². The molecule has 0 atom stereocenters. The van der Waals surface area contributed by atoms with E-state index in [-0.39, 0.29) is 5.91 Å². The van der Waals surface area contributed by atoms with Gasteiger partial charge < -0.3 is 11.1 Å². The molecule has 0 aliphatic rings. The van der Waals surface area contributed by atoms with Crippen LogP contribution in [0.25, 0.3) is 0 Å². The number of hydrogen-bond donors (Lipinski definition) is 2. The zero-order chi connectivity index (χ0) is 11.1. The predicted molar refractivity (Wildman–Crippen MR) is 60.3 cm³/mol. The Balaban J connectivity index is 0.000000791. The van der Waals surface area contributed by atoms with Gasteiger partial charge in [-0.3, -0.25) is 4.79 Å². The Hall–Kier alpha value is -1.51. The van der Waals surface area contributed by atoms with Gasteiger partial charge in [-0.05, 0) is 24.6 Å². The first kappa shape index (κ1) is 12.5. The van der Waals surface area contributed by atoms with Crippen molar-refractivity contribution >= 4 is 11.6 Å². The van der Waals surface area contributed by atoms with Gasteiger partial charge in [0.05, 0.1) is 5.56 Å². The number of carbonyl (C=O) groups excluding carboxylic acids is 1. The van der Waals surface area contributed by atoms with E-state index in [1.54, 1.807) is 19.2 Å². The fraction of sp³-hybridized carbons (Fsp3) is 0.364. The highest BCUT2D eigenvalue weighted by molar-refractivity contribution is 5.98. The quantitative estimate of drug-likeness (QED) is 0.671. The van der Waals surface area contributed by atoms with Gasteiger partial charge in [0.25, 0.3) is 5.91 Å². The topological polar surface area (TPSA) is 55.1 Å². The zero-order valence-corrected chi connectivity index (χ0v) is 9.22. The molecule has 0 saturated heterocycles. The minimum atomic E-state index is -0.146. The van der Waals surface area contributed by atoms with Crippen molar-refractivity contribution in [1.29, 1.82) is 0 Å². The first-order valence-corrected chi connectivity index (χ1v) is 4.73. The average molecular weight is 194 g/mol. The first-order chi connectivity index (χ1) is 6.65. The Morgan fingerprint density at radius 3 is 2.36 bits per heavy atom. The molecular weight excluding hydrogens is 176 g/mol. The van der Waals surface area contributed by atoms with Crippen molar-refractivity contribution < 1.29 is 4.79 Å². The fourth-order valence-electron chi connectivity index (χ4n) is 1.02. The maximum absolute atomic E-state index is 11.2. The van der Waals surface area contributed by atoms with Gasteiger partial charge in [-0.25, -0.2) is 0 Å². The Labute approximate surface area is 85.3 Å². The smallest absolute Gasteiger partial charge is 0.253 e. The normalized spacial score (nSPS) is 8.57. The molecule has 0 aliphatic carbocycles. The molecule has 0 heterocycles. The Kier molecular flexibility index (Phi) is 5.37. The van der Waals surface area contributed by atoms with Crippen LogP contribution in [-0.2, 0) is 0 Å². The van der Waals surface area contributed by atoms with Crippen molar-refractivity contribution in [2.24, 2.45) is 0 Å². The van der Waals surface area contributed by atoms with Crippen LogP contribution in [0.5, 0.6) is 0 Å². The second-order valence-corrected chi connectivity index (χ2v) is 2.67. The first-order valence-electron chi connectivity index (χ1n) is 4.73. The number of aryl methyl sites for hydroxylation is 1. The number of amides is 1. The van der Waals surface area contributed by atoms with Crippen LogP contribution < -0.4 is 11.1 Å². The summed E-state index contributed by atoms with van der Waals surface area (Å²) in [5, 5.41) is 2.52. The maximum Gasteiger partial charge on any atom is 0.253 e. The molecule has 3 N–H and O–H groups in total. The lowest BCUT2D eigenvalue weighted by Gasteiger charge is -2.04. The van der Waals surface area contributed by atoms with Gasteiger partial charge in [-0.15, -0.1) is 0 Å². The Morgan fingerprint density at radius 2 is 1.93 bits per heavy atom. The fourth-order valence-corrected chi connectivity index (χ4v) is 1.02. The number of nitrogens with two attached hydrogens (primary N) is 1. The molecule has 3 nitrogen and oxygen atoms in total. The van der Waals surface area contributed by atoms with Gasteiger partial charge in [-0.2, -0.15) is 0 Å². The monoisotopic (exact) mass is 194 g/mol. The molecule has 1 rings (SSSR count). The number of hydrogen-bond acceptors (Lipinski definition) is 2. The predicted octanol–water partition coefficient (Wildman–Crippen LogP) is 1.96.